The Labute approximate surface area is 271 Å². The predicted octanol–water partition coefficient (Wildman–Crippen LogP) is 5.85. The first-order valence-electron chi connectivity index (χ1n) is 14.6. The molecule has 5 rings (SSSR count). The summed E-state index contributed by atoms with van der Waals surface area (Å²) in [5.74, 6) is 0.288. The smallest absolute Gasteiger partial charge is 0.220 e. The van der Waals surface area contributed by atoms with Gasteiger partial charge in [0.05, 0.1) is 34.6 Å². The molecule has 0 unspecified atom stereocenters. The molecule has 0 radical (unpaired) electrons. The lowest BCUT2D eigenvalue weighted by Gasteiger charge is -2.16. The summed E-state index contributed by atoms with van der Waals surface area (Å²) in [5, 5.41) is 22.6. The number of pyridine rings is 2. The van der Waals surface area contributed by atoms with Gasteiger partial charge in [-0.25, -0.2) is 9.37 Å². The first-order chi connectivity index (χ1) is 21.7. The number of aliphatic hydroxyl groups excluding tert-OH is 1. The summed E-state index contributed by atoms with van der Waals surface area (Å²) in [5.41, 5.74) is 4.44. The number of anilines is 2. The van der Waals surface area contributed by atoms with Crippen molar-refractivity contribution in [3.8, 4) is 28.1 Å². The lowest BCUT2D eigenvalue weighted by molar-refractivity contribution is -0.119. The van der Waals surface area contributed by atoms with Crippen molar-refractivity contribution in [2.45, 2.75) is 45.0 Å². The summed E-state index contributed by atoms with van der Waals surface area (Å²) in [6.45, 7) is 3.48. The number of amides is 1. The molecule has 0 bridgehead atoms. The molecule has 1 amide bonds. The zero-order valence-electron chi connectivity index (χ0n) is 25.0. The minimum Gasteiger partial charge on any atom is -0.496 e. The largest absolute Gasteiger partial charge is 0.496 e. The van der Waals surface area contributed by atoms with E-state index in [0.29, 0.717) is 69.9 Å². The molecule has 12 heteroatoms. The second-order valence-electron chi connectivity index (χ2n) is 10.9. The van der Waals surface area contributed by atoms with E-state index >= 15 is 4.39 Å². The number of halogens is 3. The van der Waals surface area contributed by atoms with Gasteiger partial charge < -0.3 is 31.1 Å². The molecule has 9 nitrogen and oxygen atoms in total. The van der Waals surface area contributed by atoms with Crippen LogP contribution in [0.3, 0.4) is 0 Å². The van der Waals surface area contributed by atoms with Crippen LogP contribution in [0, 0.1) is 5.82 Å². The molecule has 0 aliphatic carbocycles. The molecule has 0 spiro atoms. The molecule has 236 valence electrons. The second kappa shape index (κ2) is 15.0. The van der Waals surface area contributed by atoms with Crippen molar-refractivity contribution in [1.82, 2.24) is 25.9 Å². The first kappa shape index (κ1) is 32.6. The fourth-order valence-electron chi connectivity index (χ4n) is 5.19. The number of nitrogens with zero attached hydrogens (tertiary/aromatic N) is 2. The van der Waals surface area contributed by atoms with E-state index in [1.54, 1.807) is 44.5 Å². The Bertz CT molecular complexity index is 1670. The minimum atomic E-state index is -0.544. The molecular formula is C33H35Cl2FN6O3. The van der Waals surface area contributed by atoms with Crippen molar-refractivity contribution in [3.63, 3.8) is 0 Å². The van der Waals surface area contributed by atoms with Crippen molar-refractivity contribution in [1.29, 1.82) is 0 Å². The Hall–Kier alpha value is -3.80. The van der Waals surface area contributed by atoms with E-state index in [1.807, 2.05) is 24.3 Å². The number of ether oxygens (including phenoxy) is 1. The van der Waals surface area contributed by atoms with E-state index in [2.05, 4.69) is 31.2 Å². The maximum absolute atomic E-state index is 15.3. The number of benzene rings is 2. The second-order valence-corrected chi connectivity index (χ2v) is 11.6. The van der Waals surface area contributed by atoms with Gasteiger partial charge in [-0.05, 0) is 37.6 Å². The highest BCUT2D eigenvalue weighted by Crippen LogP contribution is 2.41. The van der Waals surface area contributed by atoms with Crippen LogP contribution in [0.1, 0.15) is 30.9 Å². The van der Waals surface area contributed by atoms with Gasteiger partial charge in [0.1, 0.15) is 5.75 Å². The van der Waals surface area contributed by atoms with E-state index in [4.69, 9.17) is 27.9 Å². The van der Waals surface area contributed by atoms with Crippen molar-refractivity contribution >= 4 is 40.6 Å². The summed E-state index contributed by atoms with van der Waals surface area (Å²) < 4.78 is 20.9. The molecular weight excluding hydrogens is 618 g/mol. The van der Waals surface area contributed by atoms with Crippen LogP contribution >= 0.6 is 23.2 Å². The van der Waals surface area contributed by atoms with E-state index in [1.165, 1.54) is 6.20 Å². The predicted molar refractivity (Wildman–Crippen MR) is 175 cm³/mol. The zero-order chi connectivity index (χ0) is 31.9. The van der Waals surface area contributed by atoms with Crippen LogP contribution < -0.4 is 26.0 Å². The van der Waals surface area contributed by atoms with E-state index in [9.17, 15) is 9.90 Å². The third kappa shape index (κ3) is 7.89. The zero-order valence-corrected chi connectivity index (χ0v) is 26.5. The summed E-state index contributed by atoms with van der Waals surface area (Å²) in [7, 11) is 1.61. The van der Waals surface area contributed by atoms with Gasteiger partial charge in [0.2, 0.25) is 5.91 Å². The fraction of sp³-hybridized carbons (Fsp3) is 0.303. The van der Waals surface area contributed by atoms with Gasteiger partial charge in [0.25, 0.3) is 0 Å². The maximum Gasteiger partial charge on any atom is 0.220 e. The number of carbonyl (C=O) groups excluding carboxylic acids is 1. The summed E-state index contributed by atoms with van der Waals surface area (Å²) >= 11 is 13.8. The minimum absolute atomic E-state index is 0.0292. The maximum atomic E-state index is 15.3. The Morgan fingerprint density at radius 1 is 1.04 bits per heavy atom. The molecule has 2 aromatic heterocycles. The van der Waals surface area contributed by atoms with Gasteiger partial charge in [0.15, 0.2) is 11.6 Å². The lowest BCUT2D eigenvalue weighted by Crippen LogP contribution is -2.35. The molecule has 3 heterocycles. The third-order valence-corrected chi connectivity index (χ3v) is 8.30. The number of hydrogen-bond donors (Lipinski definition) is 5. The topological polar surface area (TPSA) is 120 Å². The molecule has 1 saturated heterocycles. The van der Waals surface area contributed by atoms with Crippen LogP contribution in [-0.4, -0.2) is 53.3 Å². The van der Waals surface area contributed by atoms with E-state index < -0.39 is 11.9 Å². The van der Waals surface area contributed by atoms with Crippen LogP contribution in [-0.2, 0) is 17.9 Å². The van der Waals surface area contributed by atoms with E-state index in [0.717, 1.165) is 17.5 Å². The Kier molecular flexibility index (Phi) is 10.9. The van der Waals surface area contributed by atoms with Crippen LogP contribution in [0.4, 0.5) is 15.9 Å². The normalized spacial score (nSPS) is 15.2. The molecule has 1 fully saturated rings. The van der Waals surface area contributed by atoms with Crippen LogP contribution in [0.5, 0.6) is 5.75 Å². The molecule has 0 saturated carbocycles. The van der Waals surface area contributed by atoms with Gasteiger partial charge in [0, 0.05) is 78.9 Å². The highest BCUT2D eigenvalue weighted by molar-refractivity contribution is 6.39. The number of hydrogen-bond acceptors (Lipinski definition) is 8. The Morgan fingerprint density at radius 3 is 2.58 bits per heavy atom. The quantitative estimate of drug-likeness (QED) is 0.122. The molecule has 1 aliphatic rings. The standard InChI is InChI=1S/C33H35Cl2FN6O3/c1-19(43)15-37-17-22-10-12-40-33(31(22)36)42-26-5-3-4-24(29(26)34)25-11-13-39-32(30(25)35)20-6-7-21(27(14-20)45-2)16-38-18-23-8-9-28(44)41-23/h3-7,10-14,19,23,37-38,43H,8-9,15-18H2,1-2H3,(H,40,42)(H,41,44)/t19-,23-/m1/s1. The number of aromatic nitrogens is 2. The summed E-state index contributed by atoms with van der Waals surface area (Å²) in [6.07, 6.45) is 4.03. The first-order valence-corrected chi connectivity index (χ1v) is 15.4. The summed E-state index contributed by atoms with van der Waals surface area (Å²) in [6, 6.07) is 14.7. The van der Waals surface area contributed by atoms with Crippen molar-refractivity contribution in [3.05, 3.63) is 87.9 Å². The van der Waals surface area contributed by atoms with Crippen LogP contribution in [0.25, 0.3) is 22.4 Å². The number of aliphatic hydroxyl groups is 1. The van der Waals surface area contributed by atoms with Gasteiger partial charge in [-0.15, -0.1) is 0 Å². The SMILES string of the molecule is COc1cc(-c2nccc(-c3cccc(Nc4nccc(CNC[C@@H](C)O)c4F)c3Cl)c2Cl)ccc1CNC[C@H]1CCC(=O)N1. The number of nitrogens with one attached hydrogen (secondary N) is 4. The summed E-state index contributed by atoms with van der Waals surface area (Å²) in [4.78, 5) is 20.2. The van der Waals surface area contributed by atoms with Gasteiger partial charge >= 0.3 is 0 Å². The number of rotatable bonds is 13. The number of methoxy groups -OCH3 is 1. The monoisotopic (exact) mass is 652 g/mol. The lowest BCUT2D eigenvalue weighted by atomic mass is 10.0. The highest BCUT2D eigenvalue weighted by atomic mass is 35.5. The fourth-order valence-corrected chi connectivity index (χ4v) is 5.79. The Balaban J connectivity index is 1.36. The van der Waals surface area contributed by atoms with Gasteiger partial charge in [-0.3, -0.25) is 9.78 Å². The molecule has 2 atom stereocenters. The van der Waals surface area contributed by atoms with Crippen molar-refractivity contribution < 1.29 is 19.0 Å². The van der Waals surface area contributed by atoms with Crippen LogP contribution in [0.15, 0.2) is 60.9 Å². The number of carbonyl (C=O) groups is 1. The van der Waals surface area contributed by atoms with Crippen molar-refractivity contribution in [2.75, 3.05) is 25.5 Å². The average Bonchev–Trinajstić information content (AvgIpc) is 3.45. The highest BCUT2D eigenvalue weighted by Gasteiger charge is 2.21. The van der Waals surface area contributed by atoms with Crippen LogP contribution in [0.2, 0.25) is 10.0 Å². The molecule has 1 aliphatic heterocycles. The molecule has 5 N–H and O–H groups in total. The Morgan fingerprint density at radius 2 is 1.82 bits per heavy atom. The third-order valence-electron chi connectivity index (χ3n) is 7.51. The van der Waals surface area contributed by atoms with Crippen molar-refractivity contribution in [2.24, 2.45) is 0 Å². The van der Waals surface area contributed by atoms with E-state index in [-0.39, 0.29) is 24.3 Å². The van der Waals surface area contributed by atoms with Gasteiger partial charge in [-0.1, -0.05) is 47.5 Å². The molecule has 2 aromatic carbocycles. The molecule has 4 aromatic rings. The average molecular weight is 654 g/mol. The molecule has 45 heavy (non-hydrogen) atoms. The van der Waals surface area contributed by atoms with Gasteiger partial charge in [-0.2, -0.15) is 0 Å².